The van der Waals surface area contributed by atoms with Crippen molar-refractivity contribution in [3.05, 3.63) is 23.0 Å². The Labute approximate surface area is 105 Å². The molecule has 3 nitrogen and oxygen atoms in total. The zero-order valence-corrected chi connectivity index (χ0v) is 10.6. The van der Waals surface area contributed by atoms with Gasteiger partial charge in [-0.3, -0.25) is 0 Å². The smallest absolute Gasteiger partial charge is 0.324 e. The van der Waals surface area contributed by atoms with Gasteiger partial charge in [0.1, 0.15) is 0 Å². The molecule has 0 amide bonds. The molecule has 1 unspecified atom stereocenters. The minimum absolute atomic E-state index is 0.0369. The molecule has 0 aliphatic heterocycles. The quantitative estimate of drug-likeness (QED) is 0.886. The monoisotopic (exact) mass is 261 g/mol. The van der Waals surface area contributed by atoms with E-state index < -0.39 is 18.6 Å². The van der Waals surface area contributed by atoms with Crippen molar-refractivity contribution in [2.45, 2.75) is 51.7 Å². The molecule has 0 saturated carbocycles. The molecule has 1 heterocycles. The van der Waals surface area contributed by atoms with Crippen LogP contribution in [-0.2, 0) is 6.42 Å². The Kier molecular flexibility index (Phi) is 5.07. The Hall–Kier alpha value is -1.17. The highest BCUT2D eigenvalue weighted by Crippen LogP contribution is 2.26. The molecule has 6 heteroatoms. The van der Waals surface area contributed by atoms with E-state index in [2.05, 4.69) is 10.2 Å². The Morgan fingerprint density at radius 1 is 1.33 bits per heavy atom. The fraction of sp³-hybridized carbons (Fsp3) is 0.667. The van der Waals surface area contributed by atoms with E-state index >= 15 is 0 Å². The van der Waals surface area contributed by atoms with E-state index in [4.69, 9.17) is 5.73 Å². The lowest BCUT2D eigenvalue weighted by molar-refractivity contribution is -0.135. The van der Waals surface area contributed by atoms with Gasteiger partial charge in [-0.2, -0.15) is 23.4 Å². The van der Waals surface area contributed by atoms with Crippen LogP contribution in [0.5, 0.6) is 0 Å². The molecule has 0 aliphatic carbocycles. The topological polar surface area (TPSA) is 51.8 Å². The van der Waals surface area contributed by atoms with Gasteiger partial charge in [0.15, 0.2) is 0 Å². The second-order valence-corrected chi connectivity index (χ2v) is 4.36. The molecule has 0 radical (unpaired) electrons. The van der Waals surface area contributed by atoms with Gasteiger partial charge in [-0.25, -0.2) is 0 Å². The SMILES string of the molecule is CCc1nnc(C)cc1C(N)CCCC(F)(F)F. The van der Waals surface area contributed by atoms with E-state index in [-0.39, 0.29) is 6.42 Å². The predicted octanol–water partition coefficient (Wildman–Crippen LogP) is 3.08. The molecule has 0 saturated heterocycles. The maximum atomic E-state index is 12.1. The summed E-state index contributed by atoms with van der Waals surface area (Å²) in [6.45, 7) is 3.71. The summed E-state index contributed by atoms with van der Waals surface area (Å²) in [6.07, 6.45) is -3.89. The Morgan fingerprint density at radius 2 is 2.00 bits per heavy atom. The third kappa shape index (κ3) is 4.60. The summed E-state index contributed by atoms with van der Waals surface area (Å²) in [5, 5.41) is 7.95. The third-order valence-electron chi connectivity index (χ3n) is 2.74. The van der Waals surface area contributed by atoms with Crippen molar-refractivity contribution in [2.24, 2.45) is 5.73 Å². The molecule has 0 bridgehead atoms. The first-order valence-corrected chi connectivity index (χ1v) is 5.99. The zero-order chi connectivity index (χ0) is 13.8. The first kappa shape index (κ1) is 14.9. The van der Waals surface area contributed by atoms with Crippen molar-refractivity contribution in [1.82, 2.24) is 10.2 Å². The molecule has 0 aliphatic rings. The van der Waals surface area contributed by atoms with Crippen molar-refractivity contribution in [3.63, 3.8) is 0 Å². The normalized spacial score (nSPS) is 13.7. The average Bonchev–Trinajstić information content (AvgIpc) is 2.27. The number of aryl methyl sites for hydroxylation is 2. The molecule has 0 fully saturated rings. The van der Waals surface area contributed by atoms with Crippen LogP contribution >= 0.6 is 0 Å². The number of nitrogens with zero attached hydrogens (tertiary/aromatic N) is 2. The number of alkyl halides is 3. The third-order valence-corrected chi connectivity index (χ3v) is 2.74. The number of nitrogens with two attached hydrogens (primary N) is 1. The first-order chi connectivity index (χ1) is 8.33. The van der Waals surface area contributed by atoms with Crippen LogP contribution in [0.15, 0.2) is 6.07 Å². The maximum absolute atomic E-state index is 12.1. The number of hydrogen-bond acceptors (Lipinski definition) is 3. The van der Waals surface area contributed by atoms with Crippen molar-refractivity contribution in [3.8, 4) is 0 Å². The highest BCUT2D eigenvalue weighted by molar-refractivity contribution is 5.24. The van der Waals surface area contributed by atoms with Gasteiger partial charge in [0.2, 0.25) is 0 Å². The summed E-state index contributed by atoms with van der Waals surface area (Å²) in [5.74, 6) is 0. The average molecular weight is 261 g/mol. The van der Waals surface area contributed by atoms with E-state index in [1.165, 1.54) is 0 Å². The van der Waals surface area contributed by atoms with Gasteiger partial charge < -0.3 is 5.73 Å². The molecular formula is C12H18F3N3. The summed E-state index contributed by atoms with van der Waals surface area (Å²) in [7, 11) is 0. The van der Waals surface area contributed by atoms with Crippen molar-refractivity contribution in [2.75, 3.05) is 0 Å². The molecule has 1 aromatic heterocycles. The second kappa shape index (κ2) is 6.13. The number of halogens is 3. The molecule has 2 N–H and O–H groups in total. The minimum Gasteiger partial charge on any atom is -0.324 e. The first-order valence-electron chi connectivity index (χ1n) is 5.99. The fourth-order valence-electron chi connectivity index (χ4n) is 1.81. The van der Waals surface area contributed by atoms with Crippen LogP contribution in [-0.4, -0.2) is 16.4 Å². The summed E-state index contributed by atoms with van der Waals surface area (Å²) < 4.78 is 36.2. The zero-order valence-electron chi connectivity index (χ0n) is 10.6. The highest BCUT2D eigenvalue weighted by Gasteiger charge is 2.26. The van der Waals surface area contributed by atoms with Gasteiger partial charge in [0, 0.05) is 12.5 Å². The van der Waals surface area contributed by atoms with Crippen molar-refractivity contribution >= 4 is 0 Å². The largest absolute Gasteiger partial charge is 0.389 e. The molecule has 18 heavy (non-hydrogen) atoms. The minimum atomic E-state index is -4.11. The van der Waals surface area contributed by atoms with Crippen molar-refractivity contribution in [1.29, 1.82) is 0 Å². The summed E-state index contributed by atoms with van der Waals surface area (Å²) >= 11 is 0. The van der Waals surface area contributed by atoms with Crippen LogP contribution in [0.1, 0.15) is 49.2 Å². The molecule has 1 aromatic rings. The van der Waals surface area contributed by atoms with Crippen LogP contribution in [0, 0.1) is 6.92 Å². The van der Waals surface area contributed by atoms with Crippen LogP contribution in [0.4, 0.5) is 13.2 Å². The van der Waals surface area contributed by atoms with Crippen LogP contribution in [0.2, 0.25) is 0 Å². The standard InChI is InChI=1S/C12H18F3N3/c1-3-11-9(7-8(2)17-18-11)10(16)5-4-6-12(13,14)15/h7,10H,3-6,16H2,1-2H3. The number of rotatable bonds is 5. The fourth-order valence-corrected chi connectivity index (χ4v) is 1.81. The molecule has 1 atom stereocenters. The molecule has 0 aromatic carbocycles. The van der Waals surface area contributed by atoms with Gasteiger partial charge in [-0.15, -0.1) is 0 Å². The van der Waals surface area contributed by atoms with Gasteiger partial charge in [0.25, 0.3) is 0 Å². The predicted molar refractivity (Wildman–Crippen MR) is 63.0 cm³/mol. The lowest BCUT2D eigenvalue weighted by Gasteiger charge is -2.15. The van der Waals surface area contributed by atoms with Gasteiger partial charge in [-0.05, 0) is 37.8 Å². The lowest BCUT2D eigenvalue weighted by Crippen LogP contribution is -2.16. The Bertz CT molecular complexity index is 391. The maximum Gasteiger partial charge on any atom is 0.389 e. The van der Waals surface area contributed by atoms with Crippen molar-refractivity contribution < 1.29 is 13.2 Å². The molecule has 1 rings (SSSR count). The van der Waals surface area contributed by atoms with Crippen LogP contribution in [0.3, 0.4) is 0 Å². The molecular weight excluding hydrogens is 243 g/mol. The van der Waals surface area contributed by atoms with E-state index in [9.17, 15) is 13.2 Å². The molecule has 102 valence electrons. The van der Waals surface area contributed by atoms with E-state index in [0.717, 1.165) is 17.0 Å². The number of aromatic nitrogens is 2. The lowest BCUT2D eigenvalue weighted by atomic mass is 9.99. The molecule has 0 spiro atoms. The Morgan fingerprint density at radius 3 is 2.56 bits per heavy atom. The summed E-state index contributed by atoms with van der Waals surface area (Å²) in [5.41, 5.74) is 8.24. The van der Waals surface area contributed by atoms with Crippen LogP contribution in [0.25, 0.3) is 0 Å². The van der Waals surface area contributed by atoms with Gasteiger partial charge >= 0.3 is 6.18 Å². The Balaban J connectivity index is 2.66. The summed E-state index contributed by atoms with van der Waals surface area (Å²) in [6, 6.07) is 1.40. The van der Waals surface area contributed by atoms with E-state index in [1.807, 2.05) is 13.0 Å². The second-order valence-electron chi connectivity index (χ2n) is 4.36. The highest BCUT2D eigenvalue weighted by atomic mass is 19.4. The van der Waals surface area contributed by atoms with E-state index in [1.54, 1.807) is 6.92 Å². The van der Waals surface area contributed by atoms with Gasteiger partial charge in [-0.1, -0.05) is 6.92 Å². The van der Waals surface area contributed by atoms with E-state index in [0.29, 0.717) is 12.8 Å². The van der Waals surface area contributed by atoms with Crippen LogP contribution < -0.4 is 5.73 Å². The number of hydrogen-bond donors (Lipinski definition) is 1. The van der Waals surface area contributed by atoms with Gasteiger partial charge in [0.05, 0.1) is 11.4 Å². The summed E-state index contributed by atoms with van der Waals surface area (Å²) in [4.78, 5) is 0.